The second-order valence-corrected chi connectivity index (χ2v) is 6.85. The molecule has 0 saturated heterocycles. The molecule has 150 valence electrons. The van der Waals surface area contributed by atoms with E-state index in [-0.39, 0.29) is 5.91 Å². The van der Waals surface area contributed by atoms with Gasteiger partial charge < -0.3 is 15.8 Å². The summed E-state index contributed by atoms with van der Waals surface area (Å²) in [6.45, 7) is 0.648. The molecule has 1 aromatic carbocycles. The van der Waals surface area contributed by atoms with Crippen LogP contribution >= 0.6 is 11.3 Å². The maximum atomic E-state index is 12.5. The first-order valence-electron chi connectivity index (χ1n) is 8.71. The lowest BCUT2D eigenvalue weighted by Gasteiger charge is -2.07. The molecule has 29 heavy (non-hydrogen) atoms. The fourth-order valence-corrected chi connectivity index (χ4v) is 3.50. The van der Waals surface area contributed by atoms with Gasteiger partial charge in [0.05, 0.1) is 18.9 Å². The smallest absolute Gasteiger partial charge is 0.325 e. The largest absolute Gasteiger partial charge is 0.497 e. The summed E-state index contributed by atoms with van der Waals surface area (Å²) in [4.78, 5) is 33.6. The fraction of sp³-hybridized carbons (Fsp3) is 0.158. The number of urea groups is 1. The number of anilines is 2. The molecule has 0 fully saturated rings. The van der Waals surface area contributed by atoms with Crippen LogP contribution in [0.1, 0.15) is 10.4 Å². The van der Waals surface area contributed by atoms with E-state index < -0.39 is 6.03 Å². The van der Waals surface area contributed by atoms with Crippen LogP contribution in [0.5, 0.6) is 5.75 Å². The maximum absolute atomic E-state index is 12.5. The molecule has 3 rings (SSSR count). The Morgan fingerprint density at radius 3 is 2.62 bits per heavy atom. The van der Waals surface area contributed by atoms with Gasteiger partial charge in [-0.1, -0.05) is 0 Å². The molecule has 0 atom stereocenters. The van der Waals surface area contributed by atoms with E-state index in [1.165, 1.54) is 29.9 Å². The van der Waals surface area contributed by atoms with Crippen molar-refractivity contribution in [3.63, 3.8) is 0 Å². The number of carbonyl (C=O) groups excluding carboxylic acids is 2. The molecular formula is C19H20N6O3S. The third-order valence-corrected chi connectivity index (χ3v) is 4.91. The zero-order valence-corrected chi connectivity index (χ0v) is 16.5. The van der Waals surface area contributed by atoms with Crippen LogP contribution in [0.3, 0.4) is 0 Å². The predicted octanol–water partition coefficient (Wildman–Crippen LogP) is 2.55. The Morgan fingerprint density at radius 1 is 1.17 bits per heavy atom. The minimum absolute atomic E-state index is 0.297. The van der Waals surface area contributed by atoms with Crippen molar-refractivity contribution < 1.29 is 14.3 Å². The van der Waals surface area contributed by atoms with Gasteiger partial charge in [0.2, 0.25) is 0 Å². The minimum atomic E-state index is -0.526. The van der Waals surface area contributed by atoms with Crippen LogP contribution in [-0.2, 0) is 0 Å². The quantitative estimate of drug-likeness (QED) is 0.472. The van der Waals surface area contributed by atoms with Crippen LogP contribution < -0.4 is 26.4 Å². The first-order valence-corrected chi connectivity index (χ1v) is 9.53. The molecule has 0 unspecified atom stereocenters. The predicted molar refractivity (Wildman–Crippen MR) is 112 cm³/mol. The molecule has 0 bridgehead atoms. The third kappa shape index (κ3) is 5.27. The summed E-state index contributed by atoms with van der Waals surface area (Å²) in [6, 6.07) is 8.64. The van der Waals surface area contributed by atoms with E-state index in [1.54, 1.807) is 13.2 Å². The number of nitrogens with one attached hydrogen (secondary N) is 3. The van der Waals surface area contributed by atoms with E-state index in [1.807, 2.05) is 24.3 Å². The number of hydrogen-bond acceptors (Lipinski definition) is 7. The van der Waals surface area contributed by atoms with Crippen molar-refractivity contribution in [3.05, 3.63) is 54.5 Å². The molecule has 0 radical (unpaired) electrons. The second kappa shape index (κ2) is 9.62. The number of ether oxygens (including phenoxy) is 1. The van der Waals surface area contributed by atoms with Crippen molar-refractivity contribution in [2.45, 2.75) is 0 Å². The molecule has 0 aliphatic heterocycles. The third-order valence-electron chi connectivity index (χ3n) is 3.81. The number of amides is 3. The fourth-order valence-electron chi connectivity index (χ4n) is 2.45. The van der Waals surface area contributed by atoms with Gasteiger partial charge in [0, 0.05) is 30.4 Å². The lowest BCUT2D eigenvalue weighted by atomic mass is 10.1. The molecule has 0 aliphatic carbocycles. The van der Waals surface area contributed by atoms with Crippen LogP contribution in [0.4, 0.5) is 15.6 Å². The number of nitrogens with two attached hydrogens (primary N) is 1. The Balaban J connectivity index is 1.85. The van der Waals surface area contributed by atoms with E-state index in [4.69, 9.17) is 10.5 Å². The molecule has 10 heteroatoms. The number of rotatable bonds is 7. The number of aromatic nitrogens is 2. The van der Waals surface area contributed by atoms with E-state index >= 15 is 0 Å². The van der Waals surface area contributed by atoms with Crippen molar-refractivity contribution >= 4 is 34.1 Å². The zero-order valence-electron chi connectivity index (χ0n) is 15.6. The monoisotopic (exact) mass is 412 g/mol. The summed E-state index contributed by atoms with van der Waals surface area (Å²) in [5.74, 6) is 0.709. The maximum Gasteiger partial charge on any atom is 0.325 e. The highest BCUT2D eigenvalue weighted by Gasteiger charge is 2.19. The van der Waals surface area contributed by atoms with Gasteiger partial charge in [-0.15, -0.1) is 11.3 Å². The van der Waals surface area contributed by atoms with Crippen molar-refractivity contribution in [2.75, 3.05) is 30.8 Å². The summed E-state index contributed by atoms with van der Waals surface area (Å²) in [6.07, 6.45) is 4.39. The first-order chi connectivity index (χ1) is 14.1. The highest BCUT2D eigenvalue weighted by molar-refractivity contribution is 7.20. The van der Waals surface area contributed by atoms with Gasteiger partial charge in [-0.05, 0) is 35.9 Å². The number of benzene rings is 1. The summed E-state index contributed by atoms with van der Waals surface area (Å²) in [5.41, 5.74) is 6.71. The normalized spacial score (nSPS) is 10.3. The van der Waals surface area contributed by atoms with E-state index in [0.29, 0.717) is 29.5 Å². The van der Waals surface area contributed by atoms with E-state index in [0.717, 1.165) is 16.2 Å². The van der Waals surface area contributed by atoms with Crippen molar-refractivity contribution in [3.8, 4) is 16.2 Å². The Bertz CT molecular complexity index is 975. The van der Waals surface area contributed by atoms with Gasteiger partial charge in [-0.2, -0.15) is 0 Å². The van der Waals surface area contributed by atoms with Crippen LogP contribution in [0.15, 0.2) is 48.9 Å². The topological polar surface area (TPSA) is 131 Å². The lowest BCUT2D eigenvalue weighted by molar-refractivity contribution is 0.0956. The number of carbonyl (C=O) groups is 2. The Hall–Kier alpha value is -3.50. The Labute approximate surface area is 171 Å². The summed E-state index contributed by atoms with van der Waals surface area (Å²) in [7, 11) is 1.60. The van der Waals surface area contributed by atoms with Gasteiger partial charge in [0.15, 0.2) is 5.82 Å². The van der Waals surface area contributed by atoms with Gasteiger partial charge in [-0.3, -0.25) is 20.4 Å². The average molecular weight is 412 g/mol. The second-order valence-electron chi connectivity index (χ2n) is 5.80. The summed E-state index contributed by atoms with van der Waals surface area (Å²) >= 11 is 1.29. The number of methoxy groups -OCH3 is 1. The first kappa shape index (κ1) is 20.2. The Kier molecular flexibility index (Phi) is 6.72. The highest BCUT2D eigenvalue weighted by atomic mass is 32.1. The number of thiophene rings is 1. The molecule has 5 N–H and O–H groups in total. The molecule has 0 spiro atoms. The molecule has 2 heterocycles. The molecule has 0 saturated carbocycles. The van der Waals surface area contributed by atoms with Crippen LogP contribution in [-0.4, -0.2) is 42.1 Å². The van der Waals surface area contributed by atoms with Crippen LogP contribution in [0.2, 0.25) is 0 Å². The van der Waals surface area contributed by atoms with Gasteiger partial charge in [0.1, 0.15) is 10.8 Å². The molecule has 3 aromatic rings. The summed E-state index contributed by atoms with van der Waals surface area (Å²) < 4.78 is 5.18. The molecule has 3 amide bonds. The van der Waals surface area contributed by atoms with Crippen molar-refractivity contribution in [1.29, 1.82) is 0 Å². The number of nitrogens with zero attached hydrogens (tertiary/aromatic N) is 2. The van der Waals surface area contributed by atoms with E-state index in [2.05, 4.69) is 25.9 Å². The van der Waals surface area contributed by atoms with Crippen molar-refractivity contribution in [1.82, 2.24) is 15.3 Å². The molecule has 9 nitrogen and oxygen atoms in total. The summed E-state index contributed by atoms with van der Waals surface area (Å²) in [5, 5.41) is 8.42. The van der Waals surface area contributed by atoms with Gasteiger partial charge >= 0.3 is 6.03 Å². The zero-order chi connectivity index (χ0) is 20.6. The standard InChI is InChI=1S/C19H20N6O3S/c1-28-13-4-2-12(3-5-13)15-10-14(17(26)23-7-6-20)18(29-15)25-19(27)24-16-11-21-8-9-22-16/h2-5,8-11H,6-7,20H2,1H3,(H,23,26)(H2,22,24,25,27). The number of hydrogen-bond donors (Lipinski definition) is 4. The Morgan fingerprint density at radius 2 is 1.97 bits per heavy atom. The lowest BCUT2D eigenvalue weighted by Crippen LogP contribution is -2.29. The van der Waals surface area contributed by atoms with Crippen LogP contribution in [0, 0.1) is 0 Å². The average Bonchev–Trinajstić information content (AvgIpc) is 3.16. The minimum Gasteiger partial charge on any atom is -0.497 e. The molecular weight excluding hydrogens is 392 g/mol. The SMILES string of the molecule is COc1ccc(-c2cc(C(=O)NCCN)c(NC(=O)Nc3cnccn3)s2)cc1. The highest BCUT2D eigenvalue weighted by Crippen LogP contribution is 2.36. The van der Waals surface area contributed by atoms with Crippen molar-refractivity contribution in [2.24, 2.45) is 5.73 Å². The molecule has 0 aliphatic rings. The van der Waals surface area contributed by atoms with Gasteiger partial charge in [0.25, 0.3) is 5.91 Å². The van der Waals surface area contributed by atoms with Gasteiger partial charge in [-0.25, -0.2) is 9.78 Å². The van der Waals surface area contributed by atoms with E-state index in [9.17, 15) is 9.59 Å². The van der Waals surface area contributed by atoms with Crippen LogP contribution in [0.25, 0.3) is 10.4 Å². The molecule has 2 aromatic heterocycles.